The Morgan fingerprint density at radius 2 is 2.54 bits per heavy atom. The highest BCUT2D eigenvalue weighted by atomic mass is 16.2. The Bertz CT molecular complexity index is 249. The van der Waals surface area contributed by atoms with Crippen LogP contribution in [0.4, 0.5) is 0 Å². The molecule has 0 saturated carbocycles. The molecule has 2 saturated heterocycles. The number of hydrogen-bond acceptors (Lipinski definition) is 2. The molecule has 4 nitrogen and oxygen atoms in total. The maximum Gasteiger partial charge on any atom is 0.249 e. The fourth-order valence-corrected chi connectivity index (χ4v) is 1.91. The van der Waals surface area contributed by atoms with Gasteiger partial charge in [0.1, 0.15) is 6.04 Å². The molecule has 1 N–H and O–H groups in total. The molecule has 0 radical (unpaired) electrons. The second-order valence-corrected chi connectivity index (χ2v) is 3.55. The van der Waals surface area contributed by atoms with Gasteiger partial charge in [-0.25, -0.2) is 0 Å². The van der Waals surface area contributed by atoms with Crippen molar-refractivity contribution in [3.8, 4) is 0 Å². The lowest BCUT2D eigenvalue weighted by Crippen LogP contribution is -2.30. The zero-order valence-electron chi connectivity index (χ0n) is 7.92. The van der Waals surface area contributed by atoms with Gasteiger partial charge in [0.15, 0.2) is 0 Å². The Hall–Kier alpha value is -1.06. The molecular formula is C9H15N3O. The van der Waals surface area contributed by atoms with Crippen LogP contribution in [0.15, 0.2) is 4.99 Å². The van der Waals surface area contributed by atoms with Crippen molar-refractivity contribution in [1.82, 2.24) is 10.2 Å². The van der Waals surface area contributed by atoms with E-state index in [-0.39, 0.29) is 11.9 Å². The van der Waals surface area contributed by atoms with E-state index in [1.54, 1.807) is 0 Å². The molecule has 2 aliphatic heterocycles. The Kier molecular flexibility index (Phi) is 2.20. The van der Waals surface area contributed by atoms with Crippen molar-refractivity contribution >= 4 is 11.9 Å². The van der Waals surface area contributed by atoms with E-state index in [1.165, 1.54) is 0 Å². The van der Waals surface area contributed by atoms with Gasteiger partial charge in [-0.1, -0.05) is 6.92 Å². The van der Waals surface area contributed by atoms with Gasteiger partial charge in [-0.2, -0.15) is 0 Å². The smallest absolute Gasteiger partial charge is 0.249 e. The van der Waals surface area contributed by atoms with Gasteiger partial charge < -0.3 is 4.90 Å². The zero-order chi connectivity index (χ0) is 9.26. The summed E-state index contributed by atoms with van der Waals surface area (Å²) in [7, 11) is 0. The number of nitrogens with zero attached hydrogens (tertiary/aromatic N) is 2. The first-order valence-corrected chi connectivity index (χ1v) is 4.95. The van der Waals surface area contributed by atoms with Crippen molar-refractivity contribution < 1.29 is 4.79 Å². The molecule has 0 bridgehead atoms. The number of aliphatic imine (C=N–C) groups is 1. The lowest BCUT2D eigenvalue weighted by molar-refractivity contribution is -0.120. The molecule has 0 aromatic heterocycles. The molecule has 0 spiro atoms. The molecule has 1 atom stereocenters. The summed E-state index contributed by atoms with van der Waals surface area (Å²) in [6, 6.07) is 0.0793. The molecule has 0 aromatic carbocycles. The fourth-order valence-electron chi connectivity index (χ4n) is 1.91. The predicted octanol–water partition coefficient (Wildman–Crippen LogP) is 0.347. The van der Waals surface area contributed by atoms with E-state index in [9.17, 15) is 4.79 Å². The fraction of sp³-hybridized carbons (Fsp3) is 0.778. The normalized spacial score (nSPS) is 29.6. The van der Waals surface area contributed by atoms with Gasteiger partial charge in [0.25, 0.3) is 0 Å². The van der Waals surface area contributed by atoms with Gasteiger partial charge in [-0.15, -0.1) is 0 Å². The summed E-state index contributed by atoms with van der Waals surface area (Å²) in [6.45, 7) is 3.87. The summed E-state index contributed by atoms with van der Waals surface area (Å²) in [5.74, 6) is 0.932. The van der Waals surface area contributed by atoms with Crippen LogP contribution in [0.2, 0.25) is 0 Å². The Balaban J connectivity index is 2.10. The maximum atomic E-state index is 11.4. The zero-order valence-corrected chi connectivity index (χ0v) is 7.92. The molecule has 2 aliphatic rings. The van der Waals surface area contributed by atoms with Crippen LogP contribution in [-0.2, 0) is 4.79 Å². The van der Waals surface area contributed by atoms with Crippen molar-refractivity contribution in [1.29, 1.82) is 0 Å². The minimum atomic E-state index is 0.0793. The Morgan fingerprint density at radius 1 is 1.69 bits per heavy atom. The summed E-state index contributed by atoms with van der Waals surface area (Å²) in [6.07, 6.45) is 3.12. The van der Waals surface area contributed by atoms with Crippen molar-refractivity contribution in [3.05, 3.63) is 0 Å². The summed E-state index contributed by atoms with van der Waals surface area (Å²) in [4.78, 5) is 17.8. The van der Waals surface area contributed by atoms with Crippen LogP contribution < -0.4 is 5.32 Å². The lowest BCUT2D eigenvalue weighted by Gasteiger charge is -2.13. The van der Waals surface area contributed by atoms with Crippen LogP contribution in [0.25, 0.3) is 0 Å². The minimum absolute atomic E-state index is 0.0793. The molecule has 2 heterocycles. The molecule has 1 amide bonds. The van der Waals surface area contributed by atoms with E-state index >= 15 is 0 Å². The first kappa shape index (κ1) is 8.53. The Morgan fingerprint density at radius 3 is 3.31 bits per heavy atom. The minimum Gasteiger partial charge on any atom is -0.331 e. The number of carbonyl (C=O) groups is 1. The number of carbonyl (C=O) groups excluding carboxylic acids is 1. The average molecular weight is 181 g/mol. The predicted molar refractivity (Wildman–Crippen MR) is 50.5 cm³/mol. The summed E-state index contributed by atoms with van der Waals surface area (Å²) < 4.78 is 0. The van der Waals surface area contributed by atoms with Gasteiger partial charge in [0, 0.05) is 13.1 Å². The largest absolute Gasteiger partial charge is 0.331 e. The van der Waals surface area contributed by atoms with E-state index in [2.05, 4.69) is 22.1 Å². The van der Waals surface area contributed by atoms with Crippen LogP contribution in [0, 0.1) is 0 Å². The van der Waals surface area contributed by atoms with Gasteiger partial charge >= 0.3 is 0 Å². The van der Waals surface area contributed by atoms with E-state index in [0.29, 0.717) is 0 Å². The number of hydrogen-bond donors (Lipinski definition) is 1. The van der Waals surface area contributed by atoms with E-state index < -0.39 is 0 Å². The first-order chi connectivity index (χ1) is 6.33. The number of amides is 1. The van der Waals surface area contributed by atoms with Crippen LogP contribution in [0.3, 0.4) is 0 Å². The van der Waals surface area contributed by atoms with Crippen molar-refractivity contribution in [2.75, 3.05) is 13.1 Å². The number of rotatable bonds is 2. The topological polar surface area (TPSA) is 44.7 Å². The number of guanidine groups is 1. The SMILES string of the molecule is CCCN=C1NC(=O)[C@@H]2CCCN12. The molecular weight excluding hydrogens is 166 g/mol. The monoisotopic (exact) mass is 181 g/mol. The van der Waals surface area contributed by atoms with Gasteiger partial charge in [0.2, 0.25) is 11.9 Å². The molecule has 72 valence electrons. The molecule has 2 fully saturated rings. The number of fused-ring (bicyclic) bond motifs is 1. The second-order valence-electron chi connectivity index (χ2n) is 3.55. The maximum absolute atomic E-state index is 11.4. The standard InChI is InChI=1S/C9H15N3O/c1-2-5-10-9-11-8(13)7-4-3-6-12(7)9/h7H,2-6H2,1H3,(H,10,11,13)/t7-/m0/s1. The highest BCUT2D eigenvalue weighted by molar-refractivity contribution is 6.06. The highest BCUT2D eigenvalue weighted by Crippen LogP contribution is 2.21. The van der Waals surface area contributed by atoms with E-state index in [0.717, 1.165) is 38.3 Å². The molecule has 0 unspecified atom stereocenters. The average Bonchev–Trinajstić information content (AvgIpc) is 2.67. The summed E-state index contributed by atoms with van der Waals surface area (Å²) in [5.41, 5.74) is 0. The van der Waals surface area contributed by atoms with Crippen LogP contribution in [-0.4, -0.2) is 35.9 Å². The molecule has 0 aliphatic carbocycles. The van der Waals surface area contributed by atoms with Gasteiger partial charge in [-0.3, -0.25) is 15.1 Å². The van der Waals surface area contributed by atoms with Crippen LogP contribution in [0.5, 0.6) is 0 Å². The molecule has 0 aromatic rings. The third-order valence-corrected chi connectivity index (χ3v) is 2.55. The second kappa shape index (κ2) is 3.36. The van der Waals surface area contributed by atoms with Crippen molar-refractivity contribution in [3.63, 3.8) is 0 Å². The molecule has 2 rings (SSSR count). The van der Waals surface area contributed by atoms with Crippen molar-refractivity contribution in [2.24, 2.45) is 4.99 Å². The third kappa shape index (κ3) is 1.41. The summed E-state index contributed by atoms with van der Waals surface area (Å²) >= 11 is 0. The lowest BCUT2D eigenvalue weighted by atomic mass is 10.2. The van der Waals surface area contributed by atoms with Crippen LogP contribution in [0.1, 0.15) is 26.2 Å². The third-order valence-electron chi connectivity index (χ3n) is 2.55. The van der Waals surface area contributed by atoms with E-state index in [1.807, 2.05) is 0 Å². The van der Waals surface area contributed by atoms with E-state index in [4.69, 9.17) is 0 Å². The highest BCUT2D eigenvalue weighted by Gasteiger charge is 2.39. The Labute approximate surface area is 78.0 Å². The molecule has 4 heteroatoms. The quantitative estimate of drug-likeness (QED) is 0.668. The number of nitrogens with one attached hydrogen (secondary N) is 1. The van der Waals surface area contributed by atoms with Crippen LogP contribution >= 0.6 is 0 Å². The van der Waals surface area contributed by atoms with Gasteiger partial charge in [-0.05, 0) is 19.3 Å². The molecule has 13 heavy (non-hydrogen) atoms. The van der Waals surface area contributed by atoms with Crippen molar-refractivity contribution in [2.45, 2.75) is 32.2 Å². The first-order valence-electron chi connectivity index (χ1n) is 4.95. The summed E-state index contributed by atoms with van der Waals surface area (Å²) in [5, 5.41) is 2.83. The van der Waals surface area contributed by atoms with Gasteiger partial charge in [0.05, 0.1) is 0 Å².